The smallest absolute Gasteiger partial charge is 0.305 e. The third-order valence-electron chi connectivity index (χ3n) is 3.97. The highest BCUT2D eigenvalue weighted by Gasteiger charge is 2.14. The zero-order valence-electron chi connectivity index (χ0n) is 13.7. The molecule has 0 aromatic heterocycles. The second-order valence-electron chi connectivity index (χ2n) is 5.80. The van der Waals surface area contributed by atoms with Gasteiger partial charge in [0.2, 0.25) is 0 Å². The number of rotatable bonds is 9. The summed E-state index contributed by atoms with van der Waals surface area (Å²) in [5, 5.41) is 12.5. The number of nitrogens with one attached hydrogen (secondary N) is 1. The topological polar surface area (TPSA) is 49.3 Å². The van der Waals surface area contributed by atoms with Gasteiger partial charge in [-0.3, -0.25) is 4.79 Å². The molecule has 0 radical (unpaired) electrons. The van der Waals surface area contributed by atoms with Crippen LogP contribution in [0.1, 0.15) is 44.2 Å². The molecule has 0 saturated carbocycles. The van der Waals surface area contributed by atoms with E-state index < -0.39 is 5.97 Å². The van der Waals surface area contributed by atoms with E-state index in [2.05, 4.69) is 36.5 Å². The van der Waals surface area contributed by atoms with E-state index in [0.29, 0.717) is 0 Å². The fourth-order valence-corrected chi connectivity index (χ4v) is 2.67. The standard InChI is InChI=1S/C20H25NO2/c1-2-3-7-14-21-19(15-20(22)23)18-12-10-17(11-13-18)16-8-5-4-6-9-16/h4-6,8-13,19,21H,2-3,7,14-15H2,1H3,(H,22,23). The summed E-state index contributed by atoms with van der Waals surface area (Å²) in [5.74, 6) is -0.773. The zero-order chi connectivity index (χ0) is 16.5. The maximum absolute atomic E-state index is 11.1. The molecule has 0 bridgehead atoms. The minimum atomic E-state index is -0.773. The molecular weight excluding hydrogens is 286 g/mol. The first-order chi connectivity index (χ1) is 11.2. The normalized spacial score (nSPS) is 12.0. The van der Waals surface area contributed by atoms with Crippen LogP contribution in [0, 0.1) is 0 Å². The molecular formula is C20H25NO2. The van der Waals surface area contributed by atoms with E-state index >= 15 is 0 Å². The molecule has 0 aliphatic rings. The van der Waals surface area contributed by atoms with Gasteiger partial charge in [0.15, 0.2) is 0 Å². The van der Waals surface area contributed by atoms with Crippen LogP contribution in [0.4, 0.5) is 0 Å². The first kappa shape index (κ1) is 17.2. The van der Waals surface area contributed by atoms with Gasteiger partial charge < -0.3 is 10.4 Å². The van der Waals surface area contributed by atoms with Gasteiger partial charge in [-0.25, -0.2) is 0 Å². The number of carboxylic acids is 1. The third kappa shape index (κ3) is 5.53. The van der Waals surface area contributed by atoms with Crippen LogP contribution in [-0.2, 0) is 4.79 Å². The van der Waals surface area contributed by atoms with Crippen molar-refractivity contribution in [2.24, 2.45) is 0 Å². The molecule has 2 N–H and O–H groups in total. The molecule has 1 atom stereocenters. The molecule has 2 aromatic carbocycles. The highest BCUT2D eigenvalue weighted by Crippen LogP contribution is 2.23. The maximum atomic E-state index is 11.1. The van der Waals surface area contributed by atoms with E-state index in [1.165, 1.54) is 12.0 Å². The van der Waals surface area contributed by atoms with Crippen LogP contribution >= 0.6 is 0 Å². The Morgan fingerprint density at radius 2 is 1.65 bits per heavy atom. The fourth-order valence-electron chi connectivity index (χ4n) is 2.67. The lowest BCUT2D eigenvalue weighted by Gasteiger charge is -2.18. The molecule has 3 heteroatoms. The molecule has 0 aliphatic carbocycles. The largest absolute Gasteiger partial charge is 0.481 e. The molecule has 3 nitrogen and oxygen atoms in total. The number of carbonyl (C=O) groups is 1. The first-order valence-electron chi connectivity index (χ1n) is 8.31. The lowest BCUT2D eigenvalue weighted by atomic mass is 9.99. The number of unbranched alkanes of at least 4 members (excludes halogenated alkanes) is 2. The quantitative estimate of drug-likeness (QED) is 0.663. The van der Waals surface area contributed by atoms with Gasteiger partial charge in [0.1, 0.15) is 0 Å². The molecule has 0 spiro atoms. The summed E-state index contributed by atoms with van der Waals surface area (Å²) in [6.45, 7) is 3.02. The molecule has 0 fully saturated rings. The summed E-state index contributed by atoms with van der Waals surface area (Å²) in [5.41, 5.74) is 3.35. The highest BCUT2D eigenvalue weighted by atomic mass is 16.4. The first-order valence-corrected chi connectivity index (χ1v) is 8.31. The summed E-state index contributed by atoms with van der Waals surface area (Å²) in [6.07, 6.45) is 3.52. The van der Waals surface area contributed by atoms with Gasteiger partial charge in [-0.15, -0.1) is 0 Å². The van der Waals surface area contributed by atoms with Gasteiger partial charge >= 0.3 is 5.97 Å². The van der Waals surface area contributed by atoms with E-state index in [9.17, 15) is 4.79 Å². The molecule has 0 amide bonds. The molecule has 2 rings (SSSR count). The summed E-state index contributed by atoms with van der Waals surface area (Å²) in [4.78, 5) is 11.1. The number of hydrogen-bond donors (Lipinski definition) is 2. The van der Waals surface area contributed by atoms with Crippen molar-refractivity contribution in [3.63, 3.8) is 0 Å². The second kappa shape index (κ2) is 9.11. The van der Waals surface area contributed by atoms with Crippen LogP contribution in [0.2, 0.25) is 0 Å². The SMILES string of the molecule is CCCCCNC(CC(=O)O)c1ccc(-c2ccccc2)cc1. The van der Waals surface area contributed by atoms with E-state index in [-0.39, 0.29) is 12.5 Å². The number of aliphatic carboxylic acids is 1. The lowest BCUT2D eigenvalue weighted by Crippen LogP contribution is -2.24. The summed E-state index contributed by atoms with van der Waals surface area (Å²) in [6, 6.07) is 18.2. The lowest BCUT2D eigenvalue weighted by molar-refractivity contribution is -0.137. The molecule has 2 aromatic rings. The third-order valence-corrected chi connectivity index (χ3v) is 3.97. The van der Waals surface area contributed by atoms with E-state index in [0.717, 1.165) is 30.5 Å². The van der Waals surface area contributed by atoms with Gasteiger partial charge in [0.05, 0.1) is 6.42 Å². The maximum Gasteiger partial charge on any atom is 0.305 e. The van der Waals surface area contributed by atoms with Gasteiger partial charge in [-0.05, 0) is 29.7 Å². The van der Waals surface area contributed by atoms with Crippen molar-refractivity contribution in [1.29, 1.82) is 0 Å². The molecule has 1 unspecified atom stereocenters. The van der Waals surface area contributed by atoms with Crippen molar-refractivity contribution in [2.75, 3.05) is 6.54 Å². The minimum absolute atomic E-state index is 0.108. The average molecular weight is 311 g/mol. The Labute approximate surface area is 138 Å². The number of hydrogen-bond acceptors (Lipinski definition) is 2. The second-order valence-corrected chi connectivity index (χ2v) is 5.80. The molecule has 0 aliphatic heterocycles. The average Bonchev–Trinajstić information content (AvgIpc) is 2.58. The van der Waals surface area contributed by atoms with Crippen LogP contribution in [-0.4, -0.2) is 17.6 Å². The van der Waals surface area contributed by atoms with Gasteiger partial charge in [0.25, 0.3) is 0 Å². The van der Waals surface area contributed by atoms with Crippen LogP contribution in [0.15, 0.2) is 54.6 Å². The summed E-state index contributed by atoms with van der Waals surface area (Å²) in [7, 11) is 0. The molecule has 23 heavy (non-hydrogen) atoms. The highest BCUT2D eigenvalue weighted by molar-refractivity contribution is 5.68. The van der Waals surface area contributed by atoms with Crippen molar-refractivity contribution in [3.8, 4) is 11.1 Å². The van der Waals surface area contributed by atoms with E-state index in [1.54, 1.807) is 0 Å². The van der Waals surface area contributed by atoms with Crippen molar-refractivity contribution in [1.82, 2.24) is 5.32 Å². The Morgan fingerprint density at radius 3 is 2.26 bits per heavy atom. The molecule has 0 heterocycles. The van der Waals surface area contributed by atoms with Crippen molar-refractivity contribution in [2.45, 2.75) is 38.6 Å². The van der Waals surface area contributed by atoms with Gasteiger partial charge in [-0.2, -0.15) is 0 Å². The zero-order valence-corrected chi connectivity index (χ0v) is 13.7. The van der Waals surface area contributed by atoms with Crippen LogP contribution in [0.3, 0.4) is 0 Å². The fraction of sp³-hybridized carbons (Fsp3) is 0.350. The Kier molecular flexibility index (Phi) is 6.82. The van der Waals surface area contributed by atoms with E-state index in [4.69, 9.17) is 5.11 Å². The van der Waals surface area contributed by atoms with Gasteiger partial charge in [0, 0.05) is 6.04 Å². The van der Waals surface area contributed by atoms with Crippen molar-refractivity contribution >= 4 is 5.97 Å². The Balaban J connectivity index is 2.07. The van der Waals surface area contributed by atoms with Crippen molar-refractivity contribution < 1.29 is 9.90 Å². The van der Waals surface area contributed by atoms with Crippen LogP contribution in [0.5, 0.6) is 0 Å². The summed E-state index contributed by atoms with van der Waals surface area (Å²) >= 11 is 0. The predicted octanol–water partition coefficient (Wildman–Crippen LogP) is 4.65. The molecule has 0 saturated heterocycles. The predicted molar refractivity (Wildman–Crippen MR) is 94.4 cm³/mol. The Bertz CT molecular complexity index is 593. The number of carboxylic acid groups (broad SMARTS) is 1. The van der Waals surface area contributed by atoms with Crippen LogP contribution in [0.25, 0.3) is 11.1 Å². The van der Waals surface area contributed by atoms with Crippen molar-refractivity contribution in [3.05, 3.63) is 60.2 Å². The Hall–Kier alpha value is -2.13. The van der Waals surface area contributed by atoms with Crippen LogP contribution < -0.4 is 5.32 Å². The summed E-state index contributed by atoms with van der Waals surface area (Å²) < 4.78 is 0. The number of benzene rings is 2. The van der Waals surface area contributed by atoms with E-state index in [1.807, 2.05) is 30.3 Å². The monoisotopic (exact) mass is 311 g/mol. The Morgan fingerprint density at radius 1 is 1.00 bits per heavy atom. The molecule has 122 valence electrons. The minimum Gasteiger partial charge on any atom is -0.481 e. The van der Waals surface area contributed by atoms with Gasteiger partial charge in [-0.1, -0.05) is 74.4 Å².